The minimum Gasteiger partial charge on any atom is -0.508 e. The van der Waals surface area contributed by atoms with Crippen molar-refractivity contribution < 1.29 is 78.9 Å². The van der Waals surface area contributed by atoms with Gasteiger partial charge in [-0.15, -0.1) is 0 Å². The molecule has 2 aliphatic heterocycles. The lowest BCUT2D eigenvalue weighted by atomic mass is 9.98. The SMILES string of the molecule is CC1O[C@@H](OCC2O[C@@H](Oc3cc4c(O)cc(O)cc4[o+]c3-c3ccc(O)cc3)C(O)C(O)[C@@H]2O)C(O)[C@@H](O)[C@H]1OC(=O)/C=C/c1ccc(O)cc1. The maximum absolute atomic E-state index is 12.5. The second kappa shape index (κ2) is 15.3. The summed E-state index contributed by atoms with van der Waals surface area (Å²) in [5.74, 6) is -1.55. The molecule has 3 heterocycles. The third-order valence-corrected chi connectivity index (χ3v) is 8.62. The van der Waals surface area contributed by atoms with E-state index in [2.05, 4.69) is 0 Å². The average molecular weight is 726 g/mol. The molecule has 0 saturated carbocycles. The number of esters is 1. The van der Waals surface area contributed by atoms with Gasteiger partial charge in [-0.1, -0.05) is 12.1 Å². The minimum absolute atomic E-state index is 0.0227. The number of carbonyl (C=O) groups is 1. The Morgan fingerprint density at radius 3 is 2.12 bits per heavy atom. The maximum Gasteiger partial charge on any atom is 0.402 e. The number of fused-ring (bicyclic) bond motifs is 1. The molecule has 16 heteroatoms. The Kier molecular flexibility index (Phi) is 10.8. The summed E-state index contributed by atoms with van der Waals surface area (Å²) in [6.45, 7) is 0.918. The number of benzene rings is 3. The van der Waals surface area contributed by atoms with Crippen molar-refractivity contribution in [2.24, 2.45) is 0 Å². The molecule has 2 fully saturated rings. The standard InChI is InChI=1S/C36H36O16/c1-16-33(52-27(41)11-4-17-2-7-19(37)8-3-17)30(44)32(46)35(48-16)47-15-26-28(42)29(43)31(45)36(51-26)50-25-14-22-23(40)12-21(39)13-24(22)49-34(25)18-5-9-20(38)10-6-18/h2-14,16,26,28-33,35-36,42-46H,15H2,1H3,(H3-,37,38,39,40,41)/p+1/t16?,26?,28-,29?,30-,31?,32?,33+,35-,36-/m1/s1. The Hall–Kier alpha value is -5.04. The fraction of sp³-hybridized carbons (Fsp3) is 0.333. The van der Waals surface area contributed by atoms with Gasteiger partial charge in [0.1, 0.15) is 65.0 Å². The zero-order chi connectivity index (χ0) is 37.3. The highest BCUT2D eigenvalue weighted by Crippen LogP contribution is 2.41. The molecular weight excluding hydrogens is 688 g/mol. The zero-order valence-electron chi connectivity index (χ0n) is 27.4. The van der Waals surface area contributed by atoms with Crippen LogP contribution in [0, 0.1) is 0 Å². The molecule has 2 aliphatic rings. The molecule has 16 nitrogen and oxygen atoms in total. The van der Waals surface area contributed by atoms with Crippen molar-refractivity contribution >= 4 is 23.0 Å². The summed E-state index contributed by atoms with van der Waals surface area (Å²) >= 11 is 0. The van der Waals surface area contributed by atoms with E-state index in [9.17, 15) is 50.8 Å². The van der Waals surface area contributed by atoms with Gasteiger partial charge in [-0.2, -0.15) is 0 Å². The fourth-order valence-corrected chi connectivity index (χ4v) is 5.78. The van der Waals surface area contributed by atoms with E-state index >= 15 is 0 Å². The zero-order valence-corrected chi connectivity index (χ0v) is 27.4. The highest BCUT2D eigenvalue weighted by Gasteiger charge is 2.49. The highest BCUT2D eigenvalue weighted by molar-refractivity contribution is 5.88. The topological polar surface area (TPSA) is 257 Å². The van der Waals surface area contributed by atoms with Crippen LogP contribution in [-0.4, -0.2) is 120 Å². The van der Waals surface area contributed by atoms with Gasteiger partial charge in [-0.25, -0.2) is 9.21 Å². The molecule has 2 saturated heterocycles. The molecule has 0 aliphatic carbocycles. The number of aliphatic hydroxyl groups is 5. The quantitative estimate of drug-likeness (QED) is 0.0673. The number of hydrogen-bond donors (Lipinski definition) is 9. The molecule has 0 bridgehead atoms. The third-order valence-electron chi connectivity index (χ3n) is 8.62. The van der Waals surface area contributed by atoms with E-state index in [1.807, 2.05) is 0 Å². The molecule has 6 rings (SSSR count). The van der Waals surface area contributed by atoms with Crippen molar-refractivity contribution in [2.45, 2.75) is 68.3 Å². The molecule has 10 atom stereocenters. The molecule has 0 amide bonds. The summed E-state index contributed by atoms with van der Waals surface area (Å²) in [6.07, 6.45) is -13.1. The molecule has 5 unspecified atom stereocenters. The molecule has 0 spiro atoms. The van der Waals surface area contributed by atoms with E-state index < -0.39 is 74.0 Å². The number of hydrogen-bond acceptors (Lipinski definition) is 15. The first-order valence-corrected chi connectivity index (χ1v) is 16.1. The van der Waals surface area contributed by atoms with Gasteiger partial charge in [0.2, 0.25) is 12.0 Å². The first-order valence-electron chi connectivity index (χ1n) is 16.1. The number of aromatic hydroxyl groups is 4. The predicted octanol–water partition coefficient (Wildman–Crippen LogP) is 1.50. The Labute approximate surface area is 295 Å². The highest BCUT2D eigenvalue weighted by atomic mass is 16.7. The van der Waals surface area contributed by atoms with E-state index in [-0.39, 0.29) is 45.5 Å². The van der Waals surface area contributed by atoms with Crippen molar-refractivity contribution in [1.29, 1.82) is 0 Å². The van der Waals surface area contributed by atoms with Gasteiger partial charge in [-0.05, 0) is 55.0 Å². The van der Waals surface area contributed by atoms with Crippen LogP contribution in [0.2, 0.25) is 0 Å². The summed E-state index contributed by atoms with van der Waals surface area (Å²) in [4.78, 5) is 12.5. The normalized spacial score (nSPS) is 29.3. The summed E-state index contributed by atoms with van der Waals surface area (Å²) in [5, 5.41) is 93.6. The predicted molar refractivity (Wildman–Crippen MR) is 178 cm³/mol. The van der Waals surface area contributed by atoms with Crippen LogP contribution in [0.5, 0.6) is 28.7 Å². The van der Waals surface area contributed by atoms with Crippen LogP contribution in [0.25, 0.3) is 28.4 Å². The lowest BCUT2D eigenvalue weighted by molar-refractivity contribution is -0.319. The second-order valence-electron chi connectivity index (χ2n) is 12.3. The van der Waals surface area contributed by atoms with Crippen LogP contribution in [0.1, 0.15) is 12.5 Å². The molecular formula is C36H37O16+. The fourth-order valence-electron chi connectivity index (χ4n) is 5.78. The van der Waals surface area contributed by atoms with Crippen LogP contribution in [-0.2, 0) is 23.7 Å². The largest absolute Gasteiger partial charge is 0.508 e. The Bertz CT molecular complexity index is 1900. The van der Waals surface area contributed by atoms with E-state index in [1.165, 1.54) is 61.5 Å². The first-order chi connectivity index (χ1) is 24.8. The van der Waals surface area contributed by atoms with Crippen LogP contribution >= 0.6 is 0 Å². The first kappa shape index (κ1) is 36.7. The van der Waals surface area contributed by atoms with Gasteiger partial charge in [0.25, 0.3) is 0 Å². The number of aliphatic hydroxyl groups excluding tert-OH is 5. The van der Waals surface area contributed by atoms with Gasteiger partial charge in [0.15, 0.2) is 12.4 Å². The Balaban J connectivity index is 1.14. The van der Waals surface area contributed by atoms with Crippen LogP contribution in [0.15, 0.2) is 77.2 Å². The smallest absolute Gasteiger partial charge is 0.402 e. The van der Waals surface area contributed by atoms with Crippen LogP contribution in [0.4, 0.5) is 0 Å². The van der Waals surface area contributed by atoms with E-state index in [4.69, 9.17) is 28.1 Å². The summed E-state index contributed by atoms with van der Waals surface area (Å²) in [7, 11) is 0. The summed E-state index contributed by atoms with van der Waals surface area (Å²) in [5.41, 5.74) is 1.03. The molecule has 9 N–H and O–H groups in total. The molecule has 4 aromatic rings. The lowest BCUT2D eigenvalue weighted by Crippen LogP contribution is -2.62. The van der Waals surface area contributed by atoms with Gasteiger partial charge in [0.05, 0.1) is 24.3 Å². The molecule has 276 valence electrons. The molecule has 1 aromatic heterocycles. The molecule has 0 radical (unpaired) electrons. The van der Waals surface area contributed by atoms with Crippen molar-refractivity contribution in [1.82, 2.24) is 0 Å². The molecule has 3 aromatic carbocycles. The second-order valence-corrected chi connectivity index (χ2v) is 12.3. The minimum atomic E-state index is -1.83. The number of rotatable bonds is 9. The number of phenols is 4. The lowest BCUT2D eigenvalue weighted by Gasteiger charge is -2.42. The Morgan fingerprint density at radius 2 is 1.42 bits per heavy atom. The van der Waals surface area contributed by atoms with E-state index in [0.717, 1.165) is 12.1 Å². The van der Waals surface area contributed by atoms with Gasteiger partial charge >= 0.3 is 17.3 Å². The van der Waals surface area contributed by atoms with E-state index in [1.54, 1.807) is 12.1 Å². The summed E-state index contributed by atoms with van der Waals surface area (Å²) < 4.78 is 34.4. The van der Waals surface area contributed by atoms with Crippen molar-refractivity contribution in [3.05, 3.63) is 78.4 Å². The summed E-state index contributed by atoms with van der Waals surface area (Å²) in [6, 6.07) is 15.4. The van der Waals surface area contributed by atoms with Crippen molar-refractivity contribution in [3.63, 3.8) is 0 Å². The Morgan fingerprint density at radius 1 is 0.769 bits per heavy atom. The van der Waals surface area contributed by atoms with Crippen LogP contribution in [0.3, 0.4) is 0 Å². The van der Waals surface area contributed by atoms with Crippen molar-refractivity contribution in [2.75, 3.05) is 6.61 Å². The number of phenolic OH excluding ortho intramolecular Hbond substituents is 4. The molecule has 52 heavy (non-hydrogen) atoms. The number of carbonyl (C=O) groups excluding carboxylic acids is 1. The van der Waals surface area contributed by atoms with Crippen LogP contribution < -0.4 is 4.74 Å². The monoisotopic (exact) mass is 725 g/mol. The van der Waals surface area contributed by atoms with Gasteiger partial charge < -0.3 is 69.6 Å². The third kappa shape index (κ3) is 7.89. The van der Waals surface area contributed by atoms with Gasteiger partial charge in [0, 0.05) is 18.2 Å². The van der Waals surface area contributed by atoms with E-state index in [0.29, 0.717) is 11.1 Å². The van der Waals surface area contributed by atoms with Crippen molar-refractivity contribution in [3.8, 4) is 40.1 Å². The number of ether oxygens (including phenoxy) is 5. The maximum atomic E-state index is 12.5. The average Bonchev–Trinajstić information content (AvgIpc) is 3.11. The van der Waals surface area contributed by atoms with Gasteiger partial charge in [-0.3, -0.25) is 0 Å².